The number of hydrogen-bond donors (Lipinski definition) is 1. The number of nitrogens with one attached hydrogen (secondary N) is 1. The highest BCUT2D eigenvalue weighted by atomic mass is 35.5. The molecule has 1 aromatic heterocycles. The van der Waals surface area contributed by atoms with Crippen molar-refractivity contribution in [3.8, 4) is 5.75 Å². The topological polar surface area (TPSA) is 99.6 Å². The number of hydrogen-bond acceptors (Lipinski definition) is 8. The lowest BCUT2D eigenvalue weighted by molar-refractivity contribution is -0.107. The van der Waals surface area contributed by atoms with E-state index in [0.717, 1.165) is 0 Å². The highest BCUT2D eigenvalue weighted by Gasteiger charge is 2.46. The Balaban J connectivity index is 1.43. The number of rotatable bonds is 11. The Hall–Kier alpha value is -3.80. The minimum atomic E-state index is -3.58. The quantitative estimate of drug-likeness (QED) is 0.178. The van der Waals surface area contributed by atoms with Gasteiger partial charge < -0.3 is 19.5 Å². The standard InChI is InChI=1S/C32H32ClF2N3O5S/c1-19(2)44(39,40)21(4)43-20(3)32(11-6-12-42-32)26-15-25-29(16-28(26)35)36-18-37-31(25)38-24-9-10-30(27(33)14-24)41-17-22-7-5-8-23(34)13-22/h5-10,12-16,18-21H,11,17H2,1-4H3,(H,36,37,38). The minimum Gasteiger partial charge on any atom is -0.487 e. The molecule has 0 saturated carbocycles. The summed E-state index contributed by atoms with van der Waals surface area (Å²) in [6, 6.07) is 14.1. The third-order valence-corrected chi connectivity index (χ3v) is 10.3. The number of sulfone groups is 1. The average Bonchev–Trinajstić information content (AvgIpc) is 3.47. The molecule has 3 aromatic carbocycles. The first-order valence-electron chi connectivity index (χ1n) is 14.0. The van der Waals surface area contributed by atoms with Gasteiger partial charge in [-0.25, -0.2) is 27.2 Å². The Morgan fingerprint density at radius 3 is 2.55 bits per heavy atom. The number of anilines is 2. The highest BCUT2D eigenvalue weighted by molar-refractivity contribution is 7.92. The molecule has 1 N–H and O–H groups in total. The van der Waals surface area contributed by atoms with Gasteiger partial charge in [-0.05, 0) is 75.7 Å². The van der Waals surface area contributed by atoms with Crippen LogP contribution in [0.2, 0.25) is 5.02 Å². The van der Waals surface area contributed by atoms with Crippen LogP contribution in [0.25, 0.3) is 10.9 Å². The predicted molar refractivity (Wildman–Crippen MR) is 166 cm³/mol. The monoisotopic (exact) mass is 643 g/mol. The molecule has 232 valence electrons. The maximum atomic E-state index is 15.7. The van der Waals surface area contributed by atoms with Crippen LogP contribution < -0.4 is 10.1 Å². The Kier molecular flexibility index (Phi) is 9.10. The zero-order valence-electron chi connectivity index (χ0n) is 24.6. The van der Waals surface area contributed by atoms with Gasteiger partial charge in [0.05, 0.1) is 22.1 Å². The first kappa shape index (κ1) is 31.6. The van der Waals surface area contributed by atoms with Crippen molar-refractivity contribution in [3.05, 3.63) is 101 Å². The van der Waals surface area contributed by atoms with Crippen LogP contribution in [0.3, 0.4) is 0 Å². The molecule has 3 unspecified atom stereocenters. The van der Waals surface area contributed by atoms with E-state index < -0.39 is 38.0 Å². The molecule has 8 nitrogen and oxygen atoms in total. The van der Waals surface area contributed by atoms with Crippen LogP contribution >= 0.6 is 11.6 Å². The fourth-order valence-electron chi connectivity index (χ4n) is 5.07. The summed E-state index contributed by atoms with van der Waals surface area (Å²) in [5.41, 5.74) is -0.696. The van der Waals surface area contributed by atoms with Crippen molar-refractivity contribution in [2.45, 2.75) is 63.1 Å². The molecule has 44 heavy (non-hydrogen) atoms. The van der Waals surface area contributed by atoms with Crippen LogP contribution in [0, 0.1) is 11.6 Å². The Bertz CT molecular complexity index is 1810. The van der Waals surface area contributed by atoms with E-state index >= 15 is 4.39 Å². The Morgan fingerprint density at radius 2 is 1.86 bits per heavy atom. The van der Waals surface area contributed by atoms with Crippen LogP contribution in [-0.2, 0) is 31.5 Å². The molecule has 0 spiro atoms. The molecule has 1 aliphatic heterocycles. The number of ether oxygens (including phenoxy) is 3. The second-order valence-electron chi connectivity index (χ2n) is 10.8. The minimum absolute atomic E-state index is 0.137. The summed E-state index contributed by atoms with van der Waals surface area (Å²) in [7, 11) is -3.58. The summed E-state index contributed by atoms with van der Waals surface area (Å²) in [6.07, 6.45) is 3.94. The lowest BCUT2D eigenvalue weighted by Gasteiger charge is -2.37. The van der Waals surface area contributed by atoms with Gasteiger partial charge in [0.25, 0.3) is 0 Å². The molecule has 3 atom stereocenters. The molecule has 2 heterocycles. The Morgan fingerprint density at radius 1 is 1.07 bits per heavy atom. The smallest absolute Gasteiger partial charge is 0.179 e. The summed E-state index contributed by atoms with van der Waals surface area (Å²) in [6.45, 7) is 6.45. The first-order chi connectivity index (χ1) is 20.9. The number of halogens is 3. The van der Waals surface area contributed by atoms with E-state index in [2.05, 4.69) is 15.3 Å². The van der Waals surface area contributed by atoms with Crippen molar-refractivity contribution in [1.29, 1.82) is 0 Å². The Labute approximate surface area is 260 Å². The van der Waals surface area contributed by atoms with Gasteiger partial charge >= 0.3 is 0 Å². The fraction of sp³-hybridized carbons (Fsp3) is 0.312. The van der Waals surface area contributed by atoms with Gasteiger partial charge in [0.1, 0.15) is 42.2 Å². The van der Waals surface area contributed by atoms with Crippen LogP contribution in [0.4, 0.5) is 20.3 Å². The molecule has 0 saturated heterocycles. The third-order valence-electron chi connectivity index (χ3n) is 7.63. The fourth-order valence-corrected chi connectivity index (χ4v) is 6.40. The van der Waals surface area contributed by atoms with Crippen molar-refractivity contribution < 1.29 is 31.4 Å². The van der Waals surface area contributed by atoms with Gasteiger partial charge in [-0.1, -0.05) is 23.7 Å². The van der Waals surface area contributed by atoms with Crippen LogP contribution in [0.15, 0.2) is 73.3 Å². The van der Waals surface area contributed by atoms with Crippen molar-refractivity contribution in [2.75, 3.05) is 5.32 Å². The van der Waals surface area contributed by atoms with Crippen molar-refractivity contribution >= 4 is 43.8 Å². The maximum Gasteiger partial charge on any atom is 0.179 e. The molecular weight excluding hydrogens is 612 g/mol. The van der Waals surface area contributed by atoms with E-state index in [9.17, 15) is 12.8 Å². The molecule has 0 bridgehead atoms. The van der Waals surface area contributed by atoms with Crippen molar-refractivity contribution in [3.63, 3.8) is 0 Å². The molecule has 0 aliphatic carbocycles. The number of nitrogens with zero attached hydrogens (tertiary/aromatic N) is 2. The normalized spacial score (nSPS) is 17.9. The molecule has 1 aliphatic rings. The van der Waals surface area contributed by atoms with Crippen LogP contribution in [-0.4, -0.2) is 35.2 Å². The molecule has 12 heteroatoms. The molecular formula is C32H32ClF2N3O5S. The van der Waals surface area contributed by atoms with E-state index in [-0.39, 0.29) is 24.4 Å². The number of aromatic nitrogens is 2. The third kappa shape index (κ3) is 6.36. The zero-order valence-corrected chi connectivity index (χ0v) is 26.1. The first-order valence-corrected chi connectivity index (χ1v) is 16.0. The van der Waals surface area contributed by atoms with E-state index in [1.54, 1.807) is 63.2 Å². The molecule has 5 rings (SSSR count). The average molecular weight is 644 g/mol. The van der Waals surface area contributed by atoms with E-state index in [0.29, 0.717) is 38.7 Å². The van der Waals surface area contributed by atoms with Gasteiger partial charge in [-0.2, -0.15) is 0 Å². The van der Waals surface area contributed by atoms with Gasteiger partial charge in [0.2, 0.25) is 0 Å². The van der Waals surface area contributed by atoms with Crippen molar-refractivity contribution in [1.82, 2.24) is 9.97 Å². The molecule has 4 aromatic rings. The second kappa shape index (κ2) is 12.7. The summed E-state index contributed by atoms with van der Waals surface area (Å²) in [5.74, 6) is -0.141. The van der Waals surface area contributed by atoms with E-state index in [4.69, 9.17) is 25.8 Å². The second-order valence-corrected chi connectivity index (χ2v) is 14.0. The number of fused-ring (bicyclic) bond motifs is 1. The largest absolute Gasteiger partial charge is 0.487 e. The van der Waals surface area contributed by atoms with Gasteiger partial charge in [-0.15, -0.1) is 0 Å². The lowest BCUT2D eigenvalue weighted by atomic mass is 9.85. The maximum absolute atomic E-state index is 15.7. The predicted octanol–water partition coefficient (Wildman–Crippen LogP) is 7.59. The lowest BCUT2D eigenvalue weighted by Crippen LogP contribution is -2.43. The van der Waals surface area contributed by atoms with Crippen LogP contribution in [0.5, 0.6) is 5.75 Å². The summed E-state index contributed by atoms with van der Waals surface area (Å²) < 4.78 is 72.4. The summed E-state index contributed by atoms with van der Waals surface area (Å²) in [4.78, 5) is 8.62. The highest BCUT2D eigenvalue weighted by Crippen LogP contribution is 2.43. The van der Waals surface area contributed by atoms with Gasteiger partial charge in [-0.3, -0.25) is 0 Å². The van der Waals surface area contributed by atoms with Gasteiger partial charge in [0, 0.05) is 29.1 Å². The summed E-state index contributed by atoms with van der Waals surface area (Å²) in [5, 5.41) is 3.38. The molecule has 0 amide bonds. The molecule has 0 fully saturated rings. The SMILES string of the molecule is CC(OC(C)S(=O)(=O)C(C)C)C1(c2cc3c(Nc4ccc(OCc5cccc(F)c5)c(Cl)c4)ncnc3cc2F)CC=CO1. The van der Waals surface area contributed by atoms with Crippen LogP contribution in [0.1, 0.15) is 45.2 Å². The number of benzene rings is 3. The van der Waals surface area contributed by atoms with Crippen molar-refractivity contribution in [2.24, 2.45) is 0 Å². The summed E-state index contributed by atoms with van der Waals surface area (Å²) >= 11 is 6.49. The zero-order chi connectivity index (χ0) is 31.6. The van der Waals surface area contributed by atoms with Gasteiger partial charge in [0.15, 0.2) is 20.9 Å². The van der Waals surface area contributed by atoms with E-state index in [1.807, 2.05) is 0 Å². The van der Waals surface area contributed by atoms with E-state index in [1.165, 1.54) is 37.7 Å². The molecule has 0 radical (unpaired) electrons.